The van der Waals surface area contributed by atoms with Gasteiger partial charge in [-0.2, -0.15) is 4.36 Å². The summed E-state index contributed by atoms with van der Waals surface area (Å²) >= 11 is 0. The van der Waals surface area contributed by atoms with Crippen LogP contribution in [0.4, 0.5) is 5.69 Å². The second-order valence-corrected chi connectivity index (χ2v) is 12.0. The molecule has 7 rings (SSSR count). The number of hydrogen-bond donors (Lipinski definition) is 0. The number of fused-ring (bicyclic) bond motifs is 6. The van der Waals surface area contributed by atoms with E-state index in [9.17, 15) is 4.21 Å². The molecule has 0 N–H and O–H groups in total. The fourth-order valence-corrected chi connectivity index (χ4v) is 7.71. The lowest BCUT2D eigenvalue weighted by molar-refractivity contribution is 0.660. The number of nitrogens with zero attached hydrogens (tertiary/aromatic N) is 3. The van der Waals surface area contributed by atoms with Crippen molar-refractivity contribution in [1.82, 2.24) is 9.97 Å². The largest absolute Gasteiger partial charge is 0.264 e. The highest BCUT2D eigenvalue weighted by atomic mass is 32.2. The molecule has 2 aliphatic rings. The molecule has 0 saturated carbocycles. The number of pyridine rings is 2. The Morgan fingerprint density at radius 2 is 1.56 bits per heavy atom. The molecule has 1 unspecified atom stereocenters. The third kappa shape index (κ3) is 2.90. The van der Waals surface area contributed by atoms with Crippen LogP contribution in [0.2, 0.25) is 0 Å². The molecule has 2 aromatic heterocycles. The molecule has 5 aromatic rings. The van der Waals surface area contributed by atoms with E-state index in [1.54, 1.807) is 24.7 Å². The zero-order valence-corrected chi connectivity index (χ0v) is 20.8. The third-order valence-corrected chi connectivity index (χ3v) is 9.69. The minimum atomic E-state index is -2.92. The molecule has 0 bridgehead atoms. The van der Waals surface area contributed by atoms with Crippen LogP contribution in [0, 0.1) is 0 Å². The van der Waals surface area contributed by atoms with Crippen molar-refractivity contribution < 1.29 is 4.21 Å². The fourth-order valence-electron chi connectivity index (χ4n) is 5.58. The average molecular weight is 486 g/mol. The Hall–Kier alpha value is -4.09. The van der Waals surface area contributed by atoms with Gasteiger partial charge in [0, 0.05) is 29.6 Å². The summed E-state index contributed by atoms with van der Waals surface area (Å²) in [6.07, 6.45) is 5.14. The van der Waals surface area contributed by atoms with E-state index in [1.165, 1.54) is 22.3 Å². The van der Waals surface area contributed by atoms with E-state index in [4.69, 9.17) is 4.36 Å². The van der Waals surface area contributed by atoms with Gasteiger partial charge in [0.15, 0.2) is 0 Å². The number of rotatable bonds is 2. The van der Waals surface area contributed by atoms with Crippen LogP contribution in [0.5, 0.6) is 0 Å². The van der Waals surface area contributed by atoms with E-state index >= 15 is 0 Å². The lowest BCUT2D eigenvalue weighted by Gasteiger charge is -2.21. The van der Waals surface area contributed by atoms with Gasteiger partial charge in [-0.3, -0.25) is 9.97 Å². The second kappa shape index (κ2) is 7.45. The van der Waals surface area contributed by atoms with E-state index in [2.05, 4.69) is 72.3 Å². The van der Waals surface area contributed by atoms with Gasteiger partial charge in [0.05, 0.1) is 21.2 Å². The summed E-state index contributed by atoms with van der Waals surface area (Å²) in [4.78, 5) is 10.1. The van der Waals surface area contributed by atoms with E-state index < -0.39 is 9.73 Å². The molecule has 0 radical (unpaired) electrons. The van der Waals surface area contributed by atoms with E-state index in [-0.39, 0.29) is 5.41 Å². The van der Waals surface area contributed by atoms with Crippen molar-refractivity contribution >= 4 is 15.4 Å². The summed E-state index contributed by atoms with van der Waals surface area (Å²) < 4.78 is 19.4. The minimum Gasteiger partial charge on any atom is -0.264 e. The first-order chi connectivity index (χ1) is 17.5. The maximum atomic E-state index is 14.6. The molecule has 3 aromatic carbocycles. The number of hydrogen-bond acceptors (Lipinski definition) is 4. The fraction of sp³-hybridized carbons (Fsp3) is 0.0968. The van der Waals surface area contributed by atoms with Crippen LogP contribution in [0.15, 0.2) is 118 Å². The molecular formula is C31H23N3OS. The van der Waals surface area contributed by atoms with Crippen LogP contribution >= 0.6 is 0 Å². The van der Waals surface area contributed by atoms with Crippen LogP contribution in [0.1, 0.15) is 25.0 Å². The van der Waals surface area contributed by atoms with Crippen molar-refractivity contribution in [1.29, 1.82) is 0 Å². The Kier molecular flexibility index (Phi) is 4.39. The number of aromatic nitrogens is 2. The molecule has 174 valence electrons. The van der Waals surface area contributed by atoms with Gasteiger partial charge in [-0.25, -0.2) is 4.21 Å². The lowest BCUT2D eigenvalue weighted by atomic mass is 9.82. The first-order valence-corrected chi connectivity index (χ1v) is 13.5. The first-order valence-electron chi connectivity index (χ1n) is 12.0. The van der Waals surface area contributed by atoms with E-state index in [1.807, 2.05) is 30.3 Å². The zero-order valence-electron chi connectivity index (χ0n) is 20.0. The van der Waals surface area contributed by atoms with Crippen LogP contribution in [0.3, 0.4) is 0 Å². The predicted molar refractivity (Wildman–Crippen MR) is 144 cm³/mol. The summed E-state index contributed by atoms with van der Waals surface area (Å²) in [6, 6.07) is 28.8. The molecule has 4 nitrogen and oxygen atoms in total. The van der Waals surface area contributed by atoms with Crippen molar-refractivity contribution in [2.45, 2.75) is 29.1 Å². The van der Waals surface area contributed by atoms with Crippen LogP contribution in [0.25, 0.3) is 33.5 Å². The van der Waals surface area contributed by atoms with Crippen LogP contribution in [-0.4, -0.2) is 14.2 Å². The molecule has 0 spiro atoms. The van der Waals surface area contributed by atoms with Gasteiger partial charge in [-0.15, -0.1) is 0 Å². The van der Waals surface area contributed by atoms with Gasteiger partial charge < -0.3 is 0 Å². The molecule has 1 aliphatic heterocycles. The molecule has 3 heterocycles. The van der Waals surface area contributed by atoms with Gasteiger partial charge in [0.25, 0.3) is 0 Å². The zero-order chi connectivity index (χ0) is 24.5. The monoisotopic (exact) mass is 485 g/mol. The molecule has 1 aliphatic carbocycles. The molecule has 1 atom stereocenters. The molecule has 5 heteroatoms. The van der Waals surface area contributed by atoms with Crippen molar-refractivity contribution in [3.8, 4) is 33.5 Å². The SMILES string of the molecule is CC1(C)c2ccccc2-c2cc(-c3cccc(S4(=O)=Nc5ccncc5-c5ncccc54)c3)ccc21. The van der Waals surface area contributed by atoms with Gasteiger partial charge in [-0.05, 0) is 69.8 Å². The van der Waals surface area contributed by atoms with Crippen LogP contribution in [-0.2, 0) is 15.1 Å². The topological polar surface area (TPSA) is 55.2 Å². The second-order valence-electron chi connectivity index (χ2n) is 9.82. The maximum Gasteiger partial charge on any atom is 0.111 e. The van der Waals surface area contributed by atoms with Crippen molar-refractivity contribution in [2.75, 3.05) is 0 Å². The highest BCUT2D eigenvalue weighted by Gasteiger charge is 2.35. The number of benzene rings is 3. The molecular weight excluding hydrogens is 462 g/mol. The summed E-state index contributed by atoms with van der Waals surface area (Å²) in [5.41, 5.74) is 9.46. The summed E-state index contributed by atoms with van der Waals surface area (Å²) in [6.45, 7) is 4.57. The smallest absolute Gasteiger partial charge is 0.111 e. The van der Waals surface area contributed by atoms with Crippen molar-refractivity contribution in [3.63, 3.8) is 0 Å². The molecule has 0 saturated heterocycles. The molecule has 0 fully saturated rings. The maximum absolute atomic E-state index is 14.6. The van der Waals surface area contributed by atoms with Crippen molar-refractivity contribution in [2.24, 2.45) is 4.36 Å². The first kappa shape index (κ1) is 21.2. The Bertz CT molecular complexity index is 1830. The minimum absolute atomic E-state index is 0.0323. The van der Waals surface area contributed by atoms with Gasteiger partial charge >= 0.3 is 0 Å². The third-order valence-electron chi connectivity index (χ3n) is 7.42. The summed E-state index contributed by atoms with van der Waals surface area (Å²) in [5, 5.41) is 0. The highest BCUT2D eigenvalue weighted by Crippen LogP contribution is 2.49. The Morgan fingerprint density at radius 1 is 0.722 bits per heavy atom. The van der Waals surface area contributed by atoms with E-state index in [0.29, 0.717) is 21.2 Å². The van der Waals surface area contributed by atoms with Gasteiger partial charge in [0.2, 0.25) is 0 Å². The van der Waals surface area contributed by atoms with Crippen LogP contribution < -0.4 is 0 Å². The van der Waals surface area contributed by atoms with Crippen molar-refractivity contribution in [3.05, 3.63) is 115 Å². The van der Waals surface area contributed by atoms with E-state index in [0.717, 1.165) is 16.7 Å². The lowest BCUT2D eigenvalue weighted by Crippen LogP contribution is -2.14. The Morgan fingerprint density at radius 3 is 2.47 bits per heavy atom. The summed E-state index contributed by atoms with van der Waals surface area (Å²) in [5.74, 6) is 0. The van der Waals surface area contributed by atoms with Gasteiger partial charge in [-0.1, -0.05) is 62.4 Å². The quantitative estimate of drug-likeness (QED) is 0.253. The average Bonchev–Trinajstić information content (AvgIpc) is 3.15. The standard InChI is InChI=1S/C31H23N3OS/c1-31(2)26-10-4-3-9-23(26)24-18-21(12-13-27(24)31)20-7-5-8-22(17-20)36(35)29-11-6-15-33-30(29)25-19-32-16-14-28(25)34-36/h3-19H,1-2H3. The Labute approximate surface area is 210 Å². The normalized spacial score (nSPS) is 18.4. The predicted octanol–water partition coefficient (Wildman–Crippen LogP) is 7.65. The molecule has 36 heavy (non-hydrogen) atoms. The Balaban J connectivity index is 1.41. The summed E-state index contributed by atoms with van der Waals surface area (Å²) in [7, 11) is -2.92. The highest BCUT2D eigenvalue weighted by molar-refractivity contribution is 7.94. The molecule has 0 amide bonds. The van der Waals surface area contributed by atoms with Gasteiger partial charge in [0.1, 0.15) is 9.73 Å².